The van der Waals surface area contributed by atoms with Gasteiger partial charge in [0.2, 0.25) is 0 Å². The summed E-state index contributed by atoms with van der Waals surface area (Å²) in [6.07, 6.45) is 1.91. The van der Waals surface area contributed by atoms with E-state index in [9.17, 15) is 9.59 Å². The number of ether oxygens (including phenoxy) is 1. The van der Waals surface area contributed by atoms with Crippen LogP contribution >= 0.6 is 0 Å². The summed E-state index contributed by atoms with van der Waals surface area (Å²) in [5.74, 6) is -0.399. The molecule has 1 fully saturated rings. The zero-order chi connectivity index (χ0) is 19.9. The lowest BCUT2D eigenvalue weighted by Crippen LogP contribution is -2.51. The second-order valence-electron chi connectivity index (χ2n) is 6.92. The molecule has 2 heterocycles. The first-order chi connectivity index (χ1) is 13.6. The van der Waals surface area contributed by atoms with Gasteiger partial charge >= 0.3 is 12.0 Å². The van der Waals surface area contributed by atoms with Crippen LogP contribution in [-0.4, -0.2) is 67.7 Å². The Hall–Kier alpha value is -2.64. The number of esters is 1. The van der Waals surface area contributed by atoms with Gasteiger partial charge in [0.05, 0.1) is 18.2 Å². The molecule has 0 aliphatic carbocycles. The van der Waals surface area contributed by atoms with Crippen molar-refractivity contribution in [2.75, 3.05) is 45.9 Å². The monoisotopic (exact) mass is 384 g/mol. The topological polar surface area (TPSA) is 73.9 Å². The predicted octanol–water partition coefficient (Wildman–Crippen LogP) is 1.66. The Labute approximate surface area is 166 Å². The van der Waals surface area contributed by atoms with Crippen LogP contribution in [0.1, 0.15) is 18.5 Å². The molecule has 2 aliphatic rings. The Bertz CT molecular complexity index is 739. The number of urea groups is 1. The van der Waals surface area contributed by atoms with Gasteiger partial charge in [-0.3, -0.25) is 9.80 Å². The minimum absolute atomic E-state index is 0.283. The summed E-state index contributed by atoms with van der Waals surface area (Å²) in [5.41, 5.74) is 1.95. The van der Waals surface area contributed by atoms with Crippen molar-refractivity contribution in [1.29, 1.82) is 0 Å². The van der Waals surface area contributed by atoms with Crippen LogP contribution in [-0.2, 0) is 9.53 Å². The normalized spacial score (nSPS) is 21.0. The molecule has 2 amide bonds. The van der Waals surface area contributed by atoms with Gasteiger partial charge in [-0.1, -0.05) is 36.4 Å². The first kappa shape index (κ1) is 20.1. The average Bonchev–Trinajstić information content (AvgIpc) is 2.70. The Balaban J connectivity index is 1.85. The second kappa shape index (κ2) is 9.52. The largest absolute Gasteiger partial charge is 0.463 e. The number of hydrogen-bond donors (Lipinski definition) is 2. The van der Waals surface area contributed by atoms with E-state index in [2.05, 4.69) is 27.0 Å². The Kier molecular flexibility index (Phi) is 6.84. The molecule has 7 heteroatoms. The highest BCUT2D eigenvalue weighted by Crippen LogP contribution is 2.28. The van der Waals surface area contributed by atoms with Crippen molar-refractivity contribution in [3.63, 3.8) is 0 Å². The summed E-state index contributed by atoms with van der Waals surface area (Å²) in [6, 6.07) is 8.68. The van der Waals surface area contributed by atoms with Crippen LogP contribution in [0.25, 0.3) is 0 Å². The quantitative estimate of drug-likeness (QED) is 0.553. The summed E-state index contributed by atoms with van der Waals surface area (Å²) in [5, 5.41) is 5.71. The third kappa shape index (κ3) is 4.79. The fraction of sp³-hybridized carbons (Fsp3) is 0.429. The van der Waals surface area contributed by atoms with Crippen molar-refractivity contribution in [1.82, 2.24) is 20.4 Å². The molecule has 0 aromatic heterocycles. The molecule has 2 N–H and O–H groups in total. The molecule has 0 radical (unpaired) electrons. The highest BCUT2D eigenvalue weighted by molar-refractivity contribution is 5.95. The zero-order valence-corrected chi connectivity index (χ0v) is 16.3. The number of nitrogens with zero attached hydrogens (tertiary/aromatic N) is 2. The first-order valence-corrected chi connectivity index (χ1v) is 9.70. The van der Waals surface area contributed by atoms with Crippen LogP contribution in [0, 0.1) is 0 Å². The molecule has 1 saturated heterocycles. The number of nitrogens with one attached hydrogen (secondary N) is 2. The number of amides is 2. The molecule has 28 heavy (non-hydrogen) atoms. The number of rotatable bonds is 7. The number of carbonyl (C=O) groups excluding carboxylic acids is 2. The first-order valence-electron chi connectivity index (χ1n) is 9.70. The van der Waals surface area contributed by atoms with Crippen molar-refractivity contribution < 1.29 is 14.3 Å². The summed E-state index contributed by atoms with van der Waals surface area (Å²) >= 11 is 0. The van der Waals surface area contributed by atoms with Gasteiger partial charge < -0.3 is 15.4 Å². The van der Waals surface area contributed by atoms with Gasteiger partial charge in [-0.15, -0.1) is 6.58 Å². The molecule has 0 spiro atoms. The molecule has 7 nitrogen and oxygen atoms in total. The van der Waals surface area contributed by atoms with Crippen LogP contribution in [0.4, 0.5) is 4.79 Å². The summed E-state index contributed by atoms with van der Waals surface area (Å²) in [4.78, 5) is 29.7. The van der Waals surface area contributed by atoms with E-state index in [0.717, 1.165) is 38.3 Å². The average molecular weight is 384 g/mol. The van der Waals surface area contributed by atoms with Gasteiger partial charge in [0.1, 0.15) is 0 Å². The molecular weight excluding hydrogens is 356 g/mol. The zero-order valence-electron chi connectivity index (χ0n) is 16.3. The maximum Gasteiger partial charge on any atom is 0.338 e. The predicted molar refractivity (Wildman–Crippen MR) is 108 cm³/mol. The third-order valence-electron chi connectivity index (χ3n) is 5.02. The fourth-order valence-corrected chi connectivity index (χ4v) is 3.62. The lowest BCUT2D eigenvalue weighted by molar-refractivity contribution is -0.139. The Morgan fingerprint density at radius 3 is 2.54 bits per heavy atom. The van der Waals surface area contributed by atoms with Gasteiger partial charge in [0, 0.05) is 45.0 Å². The van der Waals surface area contributed by atoms with E-state index in [4.69, 9.17) is 4.74 Å². The molecule has 0 saturated carbocycles. The van der Waals surface area contributed by atoms with Crippen molar-refractivity contribution >= 4 is 12.0 Å². The molecule has 1 aromatic carbocycles. The van der Waals surface area contributed by atoms with Gasteiger partial charge in [0.25, 0.3) is 0 Å². The van der Waals surface area contributed by atoms with Crippen LogP contribution in [0.3, 0.4) is 0 Å². The van der Waals surface area contributed by atoms with E-state index >= 15 is 0 Å². The minimum atomic E-state index is -0.522. The highest BCUT2D eigenvalue weighted by Gasteiger charge is 2.34. The van der Waals surface area contributed by atoms with Gasteiger partial charge in [-0.05, 0) is 12.5 Å². The smallest absolute Gasteiger partial charge is 0.338 e. The van der Waals surface area contributed by atoms with Crippen molar-refractivity contribution in [2.45, 2.75) is 13.0 Å². The summed E-state index contributed by atoms with van der Waals surface area (Å²) in [7, 11) is 0. The van der Waals surface area contributed by atoms with Crippen LogP contribution in [0.15, 0.2) is 54.3 Å². The highest BCUT2D eigenvalue weighted by atomic mass is 16.5. The van der Waals surface area contributed by atoms with E-state index in [1.54, 1.807) is 6.92 Å². The molecule has 0 unspecified atom stereocenters. The molecular formula is C21H28N4O3. The van der Waals surface area contributed by atoms with E-state index in [-0.39, 0.29) is 12.6 Å². The maximum absolute atomic E-state index is 12.8. The molecule has 0 bridgehead atoms. The van der Waals surface area contributed by atoms with Crippen molar-refractivity contribution in [3.05, 3.63) is 59.8 Å². The molecule has 150 valence electrons. The van der Waals surface area contributed by atoms with Gasteiger partial charge in [0.15, 0.2) is 0 Å². The molecule has 1 aromatic rings. The minimum Gasteiger partial charge on any atom is -0.463 e. The number of benzene rings is 1. The fourth-order valence-electron chi connectivity index (χ4n) is 3.62. The van der Waals surface area contributed by atoms with Crippen molar-refractivity contribution in [3.8, 4) is 0 Å². The van der Waals surface area contributed by atoms with Crippen LogP contribution < -0.4 is 10.6 Å². The van der Waals surface area contributed by atoms with Gasteiger partial charge in [-0.25, -0.2) is 9.59 Å². The maximum atomic E-state index is 12.8. The lowest BCUT2D eigenvalue weighted by atomic mass is 9.95. The van der Waals surface area contributed by atoms with E-state index in [1.165, 1.54) is 0 Å². The SMILES string of the molecule is C=CCN1CCN(CC2=C(C(=O)OCC)[C@@H](c3ccccc3)NC(=O)N2)CC1. The van der Waals surface area contributed by atoms with Crippen molar-refractivity contribution in [2.24, 2.45) is 0 Å². The lowest BCUT2D eigenvalue weighted by Gasteiger charge is -2.36. The van der Waals surface area contributed by atoms with E-state index in [1.807, 2.05) is 36.4 Å². The Morgan fingerprint density at radius 1 is 1.21 bits per heavy atom. The Morgan fingerprint density at radius 2 is 1.89 bits per heavy atom. The number of carbonyl (C=O) groups is 2. The van der Waals surface area contributed by atoms with E-state index in [0.29, 0.717) is 17.8 Å². The van der Waals surface area contributed by atoms with Crippen LogP contribution in [0.5, 0.6) is 0 Å². The van der Waals surface area contributed by atoms with Gasteiger partial charge in [-0.2, -0.15) is 0 Å². The molecule has 2 aliphatic heterocycles. The number of hydrogen-bond acceptors (Lipinski definition) is 5. The third-order valence-corrected chi connectivity index (χ3v) is 5.02. The van der Waals surface area contributed by atoms with Crippen LogP contribution in [0.2, 0.25) is 0 Å². The molecule has 3 rings (SSSR count). The summed E-state index contributed by atoms with van der Waals surface area (Å²) in [6.45, 7) is 10.8. The second-order valence-corrected chi connectivity index (χ2v) is 6.92. The standard InChI is InChI=1S/C21H28N4O3/c1-3-10-24-11-13-25(14-12-24)15-17-18(20(26)28-4-2)19(23-21(27)22-17)16-8-6-5-7-9-16/h3,5-9,19H,1,4,10-15H2,2H3,(H2,22,23,27)/t19-/m1/s1. The summed E-state index contributed by atoms with van der Waals surface area (Å²) < 4.78 is 5.31. The van der Waals surface area contributed by atoms with E-state index < -0.39 is 12.0 Å². The molecule has 1 atom stereocenters. The number of piperazine rings is 1.